The van der Waals surface area contributed by atoms with Crippen molar-refractivity contribution in [1.82, 2.24) is 0 Å². The monoisotopic (exact) mass is 326 g/mol. The third-order valence-electron chi connectivity index (χ3n) is 6.07. The van der Waals surface area contributed by atoms with Crippen LogP contribution in [0.4, 0.5) is 4.79 Å². The number of carbonyl (C=O) groups excluding carboxylic acids is 1. The molecule has 0 aliphatic carbocycles. The Kier molecular flexibility index (Phi) is 6.53. The van der Waals surface area contributed by atoms with Crippen molar-refractivity contribution in [2.24, 2.45) is 0 Å². The van der Waals surface area contributed by atoms with Crippen molar-refractivity contribution in [1.29, 1.82) is 0 Å². The first kappa shape index (κ1) is 20.1. The molecule has 0 unspecified atom stereocenters. The van der Waals surface area contributed by atoms with E-state index >= 15 is 0 Å². The summed E-state index contributed by atoms with van der Waals surface area (Å²) >= 11 is 0. The molecular weight excluding hydrogens is 290 g/mol. The van der Waals surface area contributed by atoms with Gasteiger partial charge in [-0.3, -0.25) is 0 Å². The van der Waals surface area contributed by atoms with Crippen LogP contribution in [0.15, 0.2) is 0 Å². The Hall–Kier alpha value is 0.130. The molecule has 0 atom stereocenters. The summed E-state index contributed by atoms with van der Waals surface area (Å²) in [5.41, 5.74) is 0. The van der Waals surface area contributed by atoms with Crippen molar-refractivity contribution < 1.29 is 13.8 Å². The fourth-order valence-corrected chi connectivity index (χ4v) is 6.73. The van der Waals surface area contributed by atoms with Gasteiger partial charge in [0, 0.05) is 0 Å². The topological polar surface area (TPSA) is 35.5 Å². The van der Waals surface area contributed by atoms with Gasteiger partial charge in [0.05, 0.1) is 0 Å². The quantitative estimate of drug-likeness (QED) is 0.556. The summed E-state index contributed by atoms with van der Waals surface area (Å²) in [6.07, 6.45) is 5.15. The van der Waals surface area contributed by atoms with Crippen LogP contribution >= 0.6 is 13.7 Å². The molecule has 0 saturated carbocycles. The van der Waals surface area contributed by atoms with Crippen LogP contribution in [-0.4, -0.2) is 56.5 Å². The van der Waals surface area contributed by atoms with Crippen LogP contribution in [0.3, 0.4) is 0 Å². The van der Waals surface area contributed by atoms with Crippen LogP contribution in [0.2, 0.25) is 0 Å². The normalized spacial score (nSPS) is 16.6. The number of carbonyl (C=O) groups is 1. The third kappa shape index (κ3) is 4.08. The molecule has 3 nitrogen and oxygen atoms in total. The van der Waals surface area contributed by atoms with Gasteiger partial charge in [0.25, 0.3) is 0 Å². The average Bonchev–Trinajstić information content (AvgIpc) is 2.47. The summed E-state index contributed by atoms with van der Waals surface area (Å²) in [5.74, 6) is 0. The van der Waals surface area contributed by atoms with E-state index in [-0.39, 0.29) is 0 Å². The SMILES string of the molecule is CCP(C)(CC)(CC)OC(=O)OP(C)(CC)(CC)CC. The Bertz CT molecular complexity index is 293. The third-order valence-corrected chi connectivity index (χ3v) is 18.2. The molecule has 0 amide bonds. The zero-order chi connectivity index (χ0) is 16.1. The molecule has 0 aromatic carbocycles. The molecule has 0 radical (unpaired) electrons. The molecule has 0 aromatic heterocycles. The summed E-state index contributed by atoms with van der Waals surface area (Å²) in [4.78, 5) is 12.5. The summed E-state index contributed by atoms with van der Waals surface area (Å²) in [6.45, 7) is 12.3. The fourth-order valence-electron chi connectivity index (χ4n) is 2.21. The molecule has 0 N–H and O–H groups in total. The summed E-state index contributed by atoms with van der Waals surface area (Å²) in [5, 5.41) is 0. The van der Waals surface area contributed by atoms with Gasteiger partial charge in [-0.25, -0.2) is 0 Å². The molecule has 0 spiro atoms. The zero-order valence-electron chi connectivity index (χ0n) is 14.9. The molecule has 0 saturated heterocycles. The first-order valence-electron chi connectivity index (χ1n) is 8.01. The molecule has 0 bridgehead atoms. The molecule has 0 rings (SSSR count). The number of hydrogen-bond acceptors (Lipinski definition) is 3. The maximum absolute atomic E-state index is 12.5. The van der Waals surface area contributed by atoms with Gasteiger partial charge in [-0.1, -0.05) is 0 Å². The fraction of sp³-hybridized carbons (Fsp3) is 0.933. The van der Waals surface area contributed by atoms with Crippen molar-refractivity contribution in [3.8, 4) is 0 Å². The Morgan fingerprint density at radius 2 is 0.850 bits per heavy atom. The second-order valence-electron chi connectivity index (χ2n) is 6.71. The van der Waals surface area contributed by atoms with Gasteiger partial charge in [0.2, 0.25) is 0 Å². The van der Waals surface area contributed by atoms with Gasteiger partial charge in [-0.15, -0.1) is 0 Å². The second kappa shape index (κ2) is 6.49. The van der Waals surface area contributed by atoms with Gasteiger partial charge in [-0.2, -0.15) is 0 Å². The van der Waals surface area contributed by atoms with Crippen molar-refractivity contribution in [3.05, 3.63) is 0 Å². The molecule has 0 aromatic rings. The van der Waals surface area contributed by atoms with Gasteiger partial charge < -0.3 is 0 Å². The summed E-state index contributed by atoms with van der Waals surface area (Å²) in [7, 11) is 0. The molecule has 0 aliphatic rings. The van der Waals surface area contributed by atoms with Crippen molar-refractivity contribution >= 4 is 19.8 Å². The van der Waals surface area contributed by atoms with Crippen LogP contribution in [0.25, 0.3) is 0 Å². The molecule has 0 aliphatic heterocycles. The molecule has 124 valence electrons. The van der Waals surface area contributed by atoms with Crippen LogP contribution in [-0.2, 0) is 9.05 Å². The van der Waals surface area contributed by atoms with E-state index in [0.29, 0.717) is 0 Å². The van der Waals surface area contributed by atoms with Gasteiger partial charge in [0.15, 0.2) is 0 Å². The minimum atomic E-state index is -2.38. The predicted octanol–water partition coefficient (Wildman–Crippen LogP) is 5.46. The molecule has 5 heteroatoms. The standard InChI is InChI=1S/C15H36O3P2/c1-9-19(7,10-2,11-3)17-15(16)18-20(8,12-4,13-5)14-6/h9-14H2,1-8H3. The predicted molar refractivity (Wildman–Crippen MR) is 96.5 cm³/mol. The Labute approximate surface area is 126 Å². The summed E-state index contributed by atoms with van der Waals surface area (Å²) in [6, 6.07) is 0. The molecule has 0 heterocycles. The number of hydrogen-bond donors (Lipinski definition) is 0. The first-order chi connectivity index (χ1) is 9.06. The van der Waals surface area contributed by atoms with Crippen molar-refractivity contribution in [2.45, 2.75) is 41.5 Å². The van der Waals surface area contributed by atoms with Crippen LogP contribution in [0.5, 0.6) is 0 Å². The van der Waals surface area contributed by atoms with E-state index < -0.39 is 19.8 Å². The van der Waals surface area contributed by atoms with Crippen LogP contribution in [0.1, 0.15) is 41.5 Å². The van der Waals surface area contributed by atoms with E-state index in [1.54, 1.807) is 0 Å². The number of rotatable bonds is 8. The van der Waals surface area contributed by atoms with E-state index in [1.807, 2.05) is 0 Å². The van der Waals surface area contributed by atoms with Crippen molar-refractivity contribution in [2.75, 3.05) is 50.3 Å². The van der Waals surface area contributed by atoms with E-state index in [9.17, 15) is 4.79 Å². The summed E-state index contributed by atoms with van der Waals surface area (Å²) < 4.78 is 12.0. The van der Waals surface area contributed by atoms with Crippen molar-refractivity contribution in [3.63, 3.8) is 0 Å². The van der Waals surface area contributed by atoms with Gasteiger partial charge in [-0.05, 0) is 0 Å². The Balaban J connectivity index is 5.23. The van der Waals surface area contributed by atoms with E-state index in [1.165, 1.54) is 0 Å². The van der Waals surface area contributed by atoms with Crippen LogP contribution in [0, 0.1) is 0 Å². The van der Waals surface area contributed by atoms with Crippen LogP contribution < -0.4 is 0 Å². The Morgan fingerprint density at radius 3 is 1.00 bits per heavy atom. The zero-order valence-corrected chi connectivity index (χ0v) is 16.7. The van der Waals surface area contributed by atoms with E-state index in [0.717, 1.165) is 37.0 Å². The van der Waals surface area contributed by atoms with E-state index in [4.69, 9.17) is 9.05 Å². The maximum atomic E-state index is 12.5. The average molecular weight is 326 g/mol. The second-order valence-corrected chi connectivity index (χ2v) is 19.6. The minimum absolute atomic E-state index is 0.415. The molecular formula is C15H36O3P2. The van der Waals surface area contributed by atoms with E-state index in [2.05, 4.69) is 54.9 Å². The van der Waals surface area contributed by atoms with Gasteiger partial charge in [0.1, 0.15) is 0 Å². The first-order valence-corrected chi connectivity index (χ1v) is 14.3. The Morgan fingerprint density at radius 1 is 0.650 bits per heavy atom. The molecule has 20 heavy (non-hydrogen) atoms. The molecule has 0 fully saturated rings. The van der Waals surface area contributed by atoms with Gasteiger partial charge >= 0.3 is 126 Å².